The molecule has 0 aliphatic heterocycles. The van der Waals surface area contributed by atoms with Gasteiger partial charge < -0.3 is 10.0 Å². The molecule has 0 saturated heterocycles. The molecule has 1 N–H and O–H groups in total. The average molecular weight is 297 g/mol. The number of carbonyl (C=O) groups is 1. The van der Waals surface area contributed by atoms with E-state index in [1.807, 2.05) is 18.2 Å². The molecule has 0 aromatic heterocycles. The Morgan fingerprint density at radius 1 is 1.14 bits per heavy atom. The molecular weight excluding hydrogens is 274 g/mol. The molecule has 0 spiro atoms. The van der Waals surface area contributed by atoms with Crippen molar-refractivity contribution >= 4 is 16.7 Å². The Labute approximate surface area is 131 Å². The molecule has 1 aliphatic carbocycles. The molecule has 3 heteroatoms. The van der Waals surface area contributed by atoms with Gasteiger partial charge in [0.2, 0.25) is 5.91 Å². The average Bonchev–Trinajstić information content (AvgIpc) is 2.93. The molecule has 2 aromatic rings. The predicted octanol–water partition coefficient (Wildman–Crippen LogP) is 3.15. The van der Waals surface area contributed by atoms with Crippen LogP contribution >= 0.6 is 0 Å². The Bertz CT molecular complexity index is 674. The minimum atomic E-state index is -0.673. The van der Waals surface area contributed by atoms with Crippen LogP contribution < -0.4 is 0 Å². The van der Waals surface area contributed by atoms with Gasteiger partial charge in [-0.25, -0.2) is 0 Å². The zero-order chi connectivity index (χ0) is 15.6. The van der Waals surface area contributed by atoms with E-state index in [-0.39, 0.29) is 5.91 Å². The molecule has 0 radical (unpaired) electrons. The van der Waals surface area contributed by atoms with Crippen molar-refractivity contribution in [1.29, 1.82) is 0 Å². The summed E-state index contributed by atoms with van der Waals surface area (Å²) in [5.74, 6) is 0.0654. The van der Waals surface area contributed by atoms with Crippen LogP contribution in [-0.4, -0.2) is 35.1 Å². The van der Waals surface area contributed by atoms with Gasteiger partial charge in [0, 0.05) is 13.6 Å². The summed E-state index contributed by atoms with van der Waals surface area (Å²) < 4.78 is 0. The lowest BCUT2D eigenvalue weighted by Crippen LogP contribution is -2.42. The maximum atomic E-state index is 12.4. The third-order valence-corrected chi connectivity index (χ3v) is 4.66. The standard InChI is InChI=1S/C19H23NO2/c1-20(14-19(22)10-4-5-11-19)18(21)13-15-8-9-16-6-2-3-7-17(16)12-15/h2-3,6-9,12,22H,4-5,10-11,13-14H2,1H3. The van der Waals surface area contributed by atoms with Gasteiger partial charge in [0.1, 0.15) is 0 Å². The van der Waals surface area contributed by atoms with Crippen molar-refractivity contribution in [2.45, 2.75) is 37.7 Å². The fourth-order valence-corrected chi connectivity index (χ4v) is 3.38. The Balaban J connectivity index is 1.66. The van der Waals surface area contributed by atoms with Gasteiger partial charge >= 0.3 is 0 Å². The first-order valence-electron chi connectivity index (χ1n) is 8.00. The van der Waals surface area contributed by atoms with Crippen molar-refractivity contribution in [2.24, 2.45) is 0 Å². The number of hydrogen-bond donors (Lipinski definition) is 1. The number of likely N-dealkylation sites (N-methyl/N-ethyl adjacent to an activating group) is 1. The Morgan fingerprint density at radius 2 is 1.82 bits per heavy atom. The quantitative estimate of drug-likeness (QED) is 0.942. The van der Waals surface area contributed by atoms with E-state index in [1.54, 1.807) is 11.9 Å². The van der Waals surface area contributed by atoms with E-state index in [9.17, 15) is 9.90 Å². The molecular formula is C19H23NO2. The molecule has 0 unspecified atom stereocenters. The van der Waals surface area contributed by atoms with Crippen LogP contribution in [0, 0.1) is 0 Å². The van der Waals surface area contributed by atoms with Gasteiger partial charge in [-0.2, -0.15) is 0 Å². The summed E-state index contributed by atoms with van der Waals surface area (Å²) in [6, 6.07) is 14.3. The van der Waals surface area contributed by atoms with Crippen LogP contribution in [0.2, 0.25) is 0 Å². The van der Waals surface area contributed by atoms with E-state index in [0.29, 0.717) is 13.0 Å². The second kappa shape index (κ2) is 6.09. The van der Waals surface area contributed by atoms with Crippen LogP contribution in [-0.2, 0) is 11.2 Å². The summed E-state index contributed by atoms with van der Waals surface area (Å²) in [4.78, 5) is 14.1. The number of carbonyl (C=O) groups excluding carboxylic acids is 1. The maximum absolute atomic E-state index is 12.4. The smallest absolute Gasteiger partial charge is 0.226 e. The van der Waals surface area contributed by atoms with E-state index < -0.39 is 5.60 Å². The van der Waals surface area contributed by atoms with E-state index in [4.69, 9.17) is 0 Å². The van der Waals surface area contributed by atoms with E-state index in [0.717, 1.165) is 36.6 Å². The minimum Gasteiger partial charge on any atom is -0.388 e. The zero-order valence-corrected chi connectivity index (χ0v) is 13.1. The number of amides is 1. The molecule has 1 saturated carbocycles. The number of rotatable bonds is 4. The molecule has 2 aromatic carbocycles. The Morgan fingerprint density at radius 3 is 2.55 bits per heavy atom. The second-order valence-electron chi connectivity index (χ2n) is 6.54. The van der Waals surface area contributed by atoms with Crippen molar-refractivity contribution in [3.63, 3.8) is 0 Å². The van der Waals surface area contributed by atoms with Crippen LogP contribution in [0.15, 0.2) is 42.5 Å². The highest BCUT2D eigenvalue weighted by Crippen LogP contribution is 2.30. The zero-order valence-electron chi connectivity index (χ0n) is 13.1. The molecule has 116 valence electrons. The fourth-order valence-electron chi connectivity index (χ4n) is 3.38. The molecule has 3 nitrogen and oxygen atoms in total. The summed E-state index contributed by atoms with van der Waals surface area (Å²) in [5.41, 5.74) is 0.349. The highest BCUT2D eigenvalue weighted by atomic mass is 16.3. The Kier molecular flexibility index (Phi) is 4.16. The highest BCUT2D eigenvalue weighted by Gasteiger charge is 2.33. The Hall–Kier alpha value is -1.87. The largest absolute Gasteiger partial charge is 0.388 e. The monoisotopic (exact) mass is 297 g/mol. The summed E-state index contributed by atoms with van der Waals surface area (Å²) in [7, 11) is 1.79. The molecule has 0 atom stereocenters. The summed E-state index contributed by atoms with van der Waals surface area (Å²) in [6.07, 6.45) is 4.12. The van der Waals surface area contributed by atoms with Crippen molar-refractivity contribution in [1.82, 2.24) is 4.90 Å². The van der Waals surface area contributed by atoms with Crippen LogP contribution in [0.25, 0.3) is 10.8 Å². The van der Waals surface area contributed by atoms with Gasteiger partial charge in [-0.05, 0) is 29.2 Å². The first-order valence-corrected chi connectivity index (χ1v) is 8.00. The fraction of sp³-hybridized carbons (Fsp3) is 0.421. The van der Waals surface area contributed by atoms with Gasteiger partial charge in [0.25, 0.3) is 0 Å². The van der Waals surface area contributed by atoms with Crippen LogP contribution in [0.5, 0.6) is 0 Å². The number of aliphatic hydroxyl groups is 1. The maximum Gasteiger partial charge on any atom is 0.226 e. The van der Waals surface area contributed by atoms with Gasteiger partial charge in [0.05, 0.1) is 12.0 Å². The summed E-state index contributed by atoms with van der Waals surface area (Å²) in [6.45, 7) is 0.444. The highest BCUT2D eigenvalue weighted by molar-refractivity contribution is 5.85. The second-order valence-corrected chi connectivity index (χ2v) is 6.54. The first kappa shape index (κ1) is 15.0. The minimum absolute atomic E-state index is 0.0654. The summed E-state index contributed by atoms with van der Waals surface area (Å²) >= 11 is 0. The van der Waals surface area contributed by atoms with Crippen LogP contribution in [0.3, 0.4) is 0 Å². The van der Waals surface area contributed by atoms with Gasteiger partial charge in [-0.1, -0.05) is 55.3 Å². The molecule has 1 fully saturated rings. The lowest BCUT2D eigenvalue weighted by atomic mass is 10.0. The van der Waals surface area contributed by atoms with Gasteiger partial charge in [-0.15, -0.1) is 0 Å². The first-order chi connectivity index (χ1) is 10.6. The van der Waals surface area contributed by atoms with Crippen LogP contribution in [0.4, 0.5) is 0 Å². The molecule has 0 bridgehead atoms. The third-order valence-electron chi connectivity index (χ3n) is 4.66. The molecule has 0 heterocycles. The molecule has 3 rings (SSSR count). The lowest BCUT2D eigenvalue weighted by molar-refractivity contribution is -0.132. The number of nitrogens with zero attached hydrogens (tertiary/aromatic N) is 1. The van der Waals surface area contributed by atoms with Crippen molar-refractivity contribution in [3.05, 3.63) is 48.0 Å². The van der Waals surface area contributed by atoms with Crippen molar-refractivity contribution < 1.29 is 9.90 Å². The number of fused-ring (bicyclic) bond motifs is 1. The molecule has 1 aliphatic rings. The van der Waals surface area contributed by atoms with Gasteiger partial charge in [0.15, 0.2) is 0 Å². The van der Waals surface area contributed by atoms with Crippen molar-refractivity contribution in [3.8, 4) is 0 Å². The van der Waals surface area contributed by atoms with E-state index >= 15 is 0 Å². The molecule has 1 amide bonds. The third kappa shape index (κ3) is 3.30. The van der Waals surface area contributed by atoms with Gasteiger partial charge in [-0.3, -0.25) is 4.79 Å². The number of benzene rings is 2. The predicted molar refractivity (Wildman–Crippen MR) is 88.7 cm³/mol. The topological polar surface area (TPSA) is 40.5 Å². The van der Waals surface area contributed by atoms with E-state index in [2.05, 4.69) is 24.3 Å². The normalized spacial score (nSPS) is 16.8. The van der Waals surface area contributed by atoms with Crippen LogP contribution in [0.1, 0.15) is 31.2 Å². The SMILES string of the molecule is CN(CC1(O)CCCC1)C(=O)Cc1ccc2ccccc2c1. The number of hydrogen-bond acceptors (Lipinski definition) is 2. The van der Waals surface area contributed by atoms with E-state index in [1.165, 1.54) is 5.39 Å². The summed E-state index contributed by atoms with van der Waals surface area (Å²) in [5, 5.41) is 12.8. The van der Waals surface area contributed by atoms with Crippen molar-refractivity contribution in [2.75, 3.05) is 13.6 Å². The lowest BCUT2D eigenvalue weighted by Gasteiger charge is -2.28. The molecule has 22 heavy (non-hydrogen) atoms.